The Balaban J connectivity index is 1.49. The number of nitrogens with two attached hydrogens (primary N) is 1. The number of nitrogens with zero attached hydrogens (tertiary/aromatic N) is 2. The van der Waals surface area contributed by atoms with Crippen molar-refractivity contribution in [3.05, 3.63) is 35.9 Å². The number of aliphatic hydroxyl groups is 3. The molecule has 0 saturated carbocycles. The SMILES string of the molecule is CCC(C)C1NC(=O)CNC(=O)C2Cc3c([nH]c4cc(OCC(C)CC(C)N5C(=O)C=CC5=O)ccc34)S(=O)CC(NC(=O)CNC1=O)C(=O)NC(CC(N)=O)C(=O)N1CC(O)CC1C(=O)NC(C(C)C(O)CO)C(=O)N2. The minimum atomic E-state index is -2.43. The molecule has 1 saturated heterocycles. The fourth-order valence-corrected chi connectivity index (χ4v) is 11.0. The topological polar surface area (TPSA) is 407 Å². The van der Waals surface area contributed by atoms with Crippen LogP contribution in [0, 0.1) is 17.8 Å². The molecule has 2 aromatic rings. The van der Waals surface area contributed by atoms with E-state index in [4.69, 9.17) is 10.5 Å². The highest BCUT2D eigenvalue weighted by Crippen LogP contribution is 2.31. The van der Waals surface area contributed by atoms with Crippen molar-refractivity contribution < 1.29 is 77.0 Å². The Morgan fingerprint density at radius 2 is 1.49 bits per heavy atom. The third-order valence-electron chi connectivity index (χ3n) is 14.1. The van der Waals surface area contributed by atoms with Crippen LogP contribution in [0.4, 0.5) is 0 Å². The molecule has 28 heteroatoms. The number of primary amides is 1. The fraction of sp³-hybridized carbons (Fsp3) is 0.571. The molecule has 11 amide bonds. The lowest BCUT2D eigenvalue weighted by molar-refractivity contribution is -0.144. The number of aromatic nitrogens is 1. The number of fused-ring (bicyclic) bond motifs is 5. The maximum absolute atomic E-state index is 15.0. The minimum Gasteiger partial charge on any atom is -0.493 e. The molecule has 0 spiro atoms. The largest absolute Gasteiger partial charge is 0.493 e. The molecular formula is C49H67N11O16S. The number of benzene rings is 1. The minimum absolute atomic E-state index is 0.0868. The average Bonchev–Trinajstić information content (AvgIpc) is 4.10. The van der Waals surface area contributed by atoms with Crippen LogP contribution in [0.1, 0.15) is 65.9 Å². The number of amides is 11. The van der Waals surface area contributed by atoms with E-state index in [1.807, 2.05) is 6.92 Å². The summed E-state index contributed by atoms with van der Waals surface area (Å²) in [5.74, 6) is -12.8. The van der Waals surface area contributed by atoms with Crippen molar-refractivity contribution in [2.24, 2.45) is 23.5 Å². The molecule has 0 radical (unpaired) electrons. The molecule has 6 rings (SSSR count). The van der Waals surface area contributed by atoms with Gasteiger partial charge in [-0.1, -0.05) is 34.1 Å². The first-order chi connectivity index (χ1) is 36.4. The molecule has 13 unspecified atom stereocenters. The highest BCUT2D eigenvalue weighted by atomic mass is 32.2. The zero-order valence-corrected chi connectivity index (χ0v) is 43.9. The van der Waals surface area contributed by atoms with Gasteiger partial charge in [-0.25, -0.2) is 0 Å². The third-order valence-corrected chi connectivity index (χ3v) is 15.5. The maximum Gasteiger partial charge on any atom is 0.253 e. The van der Waals surface area contributed by atoms with Crippen LogP contribution in [-0.2, 0) is 70.0 Å². The van der Waals surface area contributed by atoms with Crippen LogP contribution < -0.4 is 47.7 Å². The number of carbonyl (C=O) groups is 11. The smallest absolute Gasteiger partial charge is 0.253 e. The van der Waals surface area contributed by atoms with E-state index in [9.17, 15) is 68.1 Å². The molecule has 1 aromatic heterocycles. The molecule has 77 heavy (non-hydrogen) atoms. The van der Waals surface area contributed by atoms with Crippen molar-refractivity contribution in [1.82, 2.24) is 52.0 Å². The van der Waals surface area contributed by atoms with Crippen LogP contribution in [0.25, 0.3) is 10.9 Å². The van der Waals surface area contributed by atoms with Crippen LogP contribution in [0.3, 0.4) is 0 Å². The number of aliphatic hydroxyl groups excluding tert-OH is 3. The van der Waals surface area contributed by atoms with Gasteiger partial charge in [-0.05, 0) is 42.9 Å². The summed E-state index contributed by atoms with van der Waals surface area (Å²) in [5.41, 5.74) is 5.87. The summed E-state index contributed by atoms with van der Waals surface area (Å²) in [6.07, 6.45) is -1.78. The van der Waals surface area contributed by atoms with Gasteiger partial charge in [0.2, 0.25) is 53.2 Å². The summed E-state index contributed by atoms with van der Waals surface area (Å²) in [6.45, 7) is 5.36. The quantitative estimate of drug-likeness (QED) is 0.0837. The second-order valence-corrected chi connectivity index (χ2v) is 21.4. The van der Waals surface area contributed by atoms with Crippen molar-refractivity contribution >= 4 is 86.7 Å². The Bertz CT molecular complexity index is 2700. The number of rotatable bonds is 13. The molecule has 13 atom stereocenters. The van der Waals surface area contributed by atoms with E-state index < -0.39 is 193 Å². The van der Waals surface area contributed by atoms with E-state index in [0.29, 0.717) is 18.2 Å². The Morgan fingerprint density at radius 1 is 0.831 bits per heavy atom. The van der Waals surface area contributed by atoms with Gasteiger partial charge in [-0.15, -0.1) is 0 Å². The van der Waals surface area contributed by atoms with Crippen LogP contribution in [0.5, 0.6) is 5.75 Å². The normalized spacial score (nSPS) is 27.4. The monoisotopic (exact) mass is 1100 g/mol. The van der Waals surface area contributed by atoms with Crippen LogP contribution in [0.2, 0.25) is 0 Å². The number of hydrogen-bond acceptors (Lipinski definition) is 16. The van der Waals surface area contributed by atoms with E-state index >= 15 is 4.21 Å². The highest BCUT2D eigenvalue weighted by molar-refractivity contribution is 7.85. The van der Waals surface area contributed by atoms with Crippen LogP contribution in [-0.4, -0.2) is 192 Å². The van der Waals surface area contributed by atoms with Crippen molar-refractivity contribution in [2.45, 2.75) is 126 Å². The molecule has 420 valence electrons. The number of nitrogens with one attached hydrogen (secondary N) is 8. The maximum atomic E-state index is 15.0. The van der Waals surface area contributed by atoms with Gasteiger partial charge in [0.05, 0.1) is 67.0 Å². The van der Waals surface area contributed by atoms with Gasteiger partial charge in [0.15, 0.2) is 0 Å². The summed E-state index contributed by atoms with van der Waals surface area (Å²) in [6, 6.07) is -5.95. The number of hydrogen-bond donors (Lipinski definition) is 12. The predicted molar refractivity (Wildman–Crippen MR) is 270 cm³/mol. The second-order valence-electron chi connectivity index (χ2n) is 20.0. The lowest BCUT2D eigenvalue weighted by Crippen LogP contribution is -2.62. The molecular weight excluding hydrogens is 1030 g/mol. The Hall–Kier alpha value is -7.30. The molecule has 4 aliphatic rings. The highest BCUT2D eigenvalue weighted by Gasteiger charge is 2.45. The lowest BCUT2D eigenvalue weighted by Gasteiger charge is -2.32. The van der Waals surface area contributed by atoms with E-state index in [1.54, 1.807) is 32.9 Å². The number of carbonyl (C=O) groups excluding carboxylic acids is 11. The van der Waals surface area contributed by atoms with Gasteiger partial charge in [-0.3, -0.25) is 61.8 Å². The third kappa shape index (κ3) is 14.4. The molecule has 0 aliphatic carbocycles. The van der Waals surface area contributed by atoms with Crippen molar-refractivity contribution in [3.63, 3.8) is 0 Å². The predicted octanol–water partition coefficient (Wildman–Crippen LogP) is -4.91. The first-order valence-corrected chi connectivity index (χ1v) is 26.5. The summed E-state index contributed by atoms with van der Waals surface area (Å²) < 4.78 is 21.2. The zero-order chi connectivity index (χ0) is 56.6. The van der Waals surface area contributed by atoms with E-state index in [0.717, 1.165) is 9.80 Å². The fourth-order valence-electron chi connectivity index (χ4n) is 9.62. The average molecular weight is 1100 g/mol. The summed E-state index contributed by atoms with van der Waals surface area (Å²) in [5, 5.41) is 49.1. The van der Waals surface area contributed by atoms with Gasteiger partial charge in [0.1, 0.15) is 47.0 Å². The molecule has 13 N–H and O–H groups in total. The van der Waals surface area contributed by atoms with Gasteiger partial charge in [-0.2, -0.15) is 0 Å². The van der Waals surface area contributed by atoms with Crippen molar-refractivity contribution in [3.8, 4) is 5.75 Å². The molecule has 27 nitrogen and oxygen atoms in total. The zero-order valence-electron chi connectivity index (χ0n) is 43.1. The second kappa shape index (κ2) is 25.7. The first kappa shape index (κ1) is 59.0. The molecule has 1 aromatic carbocycles. The summed E-state index contributed by atoms with van der Waals surface area (Å²) in [4.78, 5) is 155. The van der Waals surface area contributed by atoms with Gasteiger partial charge < -0.3 is 72.9 Å². The molecule has 2 bridgehead atoms. The van der Waals surface area contributed by atoms with Gasteiger partial charge >= 0.3 is 0 Å². The number of imide groups is 1. The number of aromatic amines is 1. The van der Waals surface area contributed by atoms with Crippen molar-refractivity contribution in [1.29, 1.82) is 0 Å². The Kier molecular flexibility index (Phi) is 19.7. The lowest BCUT2D eigenvalue weighted by atomic mass is 9.93. The van der Waals surface area contributed by atoms with Crippen molar-refractivity contribution in [2.75, 3.05) is 38.6 Å². The number of H-pyrrole nitrogens is 1. The summed E-state index contributed by atoms with van der Waals surface area (Å²) in [7, 11) is -2.43. The van der Waals surface area contributed by atoms with Gasteiger partial charge in [0, 0.05) is 55.0 Å². The molecule has 4 aliphatic heterocycles. The molecule has 1 fully saturated rings. The Labute approximate surface area is 444 Å². The number of ether oxygens (including phenoxy) is 1. The summed E-state index contributed by atoms with van der Waals surface area (Å²) >= 11 is 0. The van der Waals surface area contributed by atoms with E-state index in [2.05, 4.69) is 42.2 Å². The Morgan fingerprint density at radius 3 is 2.14 bits per heavy atom. The first-order valence-electron chi connectivity index (χ1n) is 25.2. The standard InChI is InChI=1S/C49H67N11O16S/c1-6-23(3)41-46(72)52-16-37(65)53-33-21-77(75)48-29(28-8-7-27(13-30(28)56-48)76-20-22(2)11-24(4)60-39(67)9-10-40(60)68)14-31(43(69)51-17-38(66)57-41)54-47(73)42(25(5)35(63)19-61)58-45(71)34-12-26(62)18-59(34)49(74)32(15-36(50)64)55-44(33)70/h7-10,13,22-26,31-35,41-42,56,61-63H,6,11-12,14-21H2,1-5H3,(H2,50,64)(H,51,69)(H,52,72)(H,53,65)(H,54,73)(H,55,70)(H,57,66)(H,58,71). The molecule has 5 heterocycles. The van der Waals surface area contributed by atoms with Crippen LogP contribution >= 0.6 is 0 Å². The van der Waals surface area contributed by atoms with E-state index in [1.165, 1.54) is 25.1 Å². The van der Waals surface area contributed by atoms with E-state index in [-0.39, 0.29) is 34.4 Å². The van der Waals surface area contributed by atoms with Gasteiger partial charge in [0.25, 0.3) is 11.8 Å². The van der Waals surface area contributed by atoms with Crippen LogP contribution in [0.15, 0.2) is 35.4 Å².